The predicted molar refractivity (Wildman–Crippen MR) is 231 cm³/mol. The number of aliphatic hydroxyl groups excluding tert-OH is 1. The lowest BCUT2D eigenvalue weighted by molar-refractivity contribution is -0.147. The van der Waals surface area contributed by atoms with Crippen LogP contribution in [0.3, 0.4) is 0 Å². The maximum absolute atomic E-state index is 12.3. The second kappa shape index (κ2) is 39.7. The molecule has 0 aromatic carbocycles. The van der Waals surface area contributed by atoms with Gasteiger partial charge >= 0.3 is 19.8 Å². The molecule has 57 heavy (non-hydrogen) atoms. The highest BCUT2D eigenvalue weighted by atomic mass is 31.2. The molecular formula is C45H76NO10P. The maximum atomic E-state index is 12.3. The standard InChI is InChI=1S/C45H76NO10P/c1-3-5-7-9-11-13-15-17-19-21-23-25-27-29-31-33-35-37-44(49)54-38-41(47)39-55-57(52,53)56-40-42(45(50)51)46-43(48)36-34-32-30-28-26-24-22-20-18-16-14-12-10-8-6-4-2/h5,7,11,13,17,19-20,22-23,25,29,31,41-42,47H,3-4,6,8-10,12,14-16,18,21,24,26-28,30,32-40H2,1-2H3,(H,46,48)(H,50,51)(H,52,53)/b7-5-,13-11-,19-17-,22-20-,25-23-,31-29-. The minimum Gasteiger partial charge on any atom is -0.480 e. The molecule has 11 nitrogen and oxygen atoms in total. The number of nitrogens with one attached hydrogen (secondary N) is 1. The van der Waals surface area contributed by atoms with E-state index >= 15 is 0 Å². The SMILES string of the molecule is CC/C=C\C/C=C\C/C=C\C/C=C\C/C=C\CCCC(=O)OCC(O)COP(=O)(O)OCC(NC(=O)CCCCCCC/C=C\CCCCCCCCC)C(=O)O. The molecule has 0 radical (unpaired) electrons. The lowest BCUT2D eigenvalue weighted by Crippen LogP contribution is -2.43. The molecule has 12 heteroatoms. The zero-order valence-corrected chi connectivity index (χ0v) is 36.0. The summed E-state index contributed by atoms with van der Waals surface area (Å²) in [7, 11) is -4.77. The number of carboxylic acids is 1. The fourth-order valence-electron chi connectivity index (χ4n) is 5.40. The van der Waals surface area contributed by atoms with E-state index in [-0.39, 0.29) is 12.8 Å². The van der Waals surface area contributed by atoms with Gasteiger partial charge in [0.15, 0.2) is 6.04 Å². The van der Waals surface area contributed by atoms with Gasteiger partial charge in [-0.2, -0.15) is 0 Å². The molecule has 0 aliphatic rings. The zero-order valence-electron chi connectivity index (χ0n) is 35.1. The number of aliphatic carboxylic acids is 1. The van der Waals surface area contributed by atoms with Crippen LogP contribution in [0, 0.1) is 0 Å². The largest absolute Gasteiger partial charge is 0.480 e. The lowest BCUT2D eigenvalue weighted by atomic mass is 10.1. The van der Waals surface area contributed by atoms with Crippen LogP contribution in [0.25, 0.3) is 0 Å². The number of ether oxygens (including phenoxy) is 1. The fourth-order valence-corrected chi connectivity index (χ4v) is 6.18. The van der Waals surface area contributed by atoms with Crippen LogP contribution < -0.4 is 5.32 Å². The number of carboxylic acid groups (broad SMARTS) is 1. The molecule has 326 valence electrons. The van der Waals surface area contributed by atoms with Crippen molar-refractivity contribution in [1.29, 1.82) is 0 Å². The molecule has 0 aromatic rings. The summed E-state index contributed by atoms with van der Waals surface area (Å²) < 4.78 is 26.8. The topological polar surface area (TPSA) is 169 Å². The number of unbranched alkanes of at least 4 members (excludes halogenated alkanes) is 13. The van der Waals surface area contributed by atoms with Crippen LogP contribution in [0.1, 0.15) is 162 Å². The van der Waals surface area contributed by atoms with Crippen molar-refractivity contribution >= 4 is 25.7 Å². The van der Waals surface area contributed by atoms with E-state index in [0.717, 1.165) is 70.6 Å². The van der Waals surface area contributed by atoms with Crippen LogP contribution in [0.4, 0.5) is 0 Å². The summed E-state index contributed by atoms with van der Waals surface area (Å²) in [5.41, 5.74) is 0. The Kier molecular flexibility index (Phi) is 37.6. The smallest absolute Gasteiger partial charge is 0.472 e. The molecule has 3 atom stereocenters. The van der Waals surface area contributed by atoms with Crippen molar-refractivity contribution in [1.82, 2.24) is 5.32 Å². The first-order chi connectivity index (χ1) is 27.6. The number of aliphatic hydroxyl groups is 1. The Balaban J connectivity index is 4.01. The van der Waals surface area contributed by atoms with Gasteiger partial charge in [0, 0.05) is 12.8 Å². The molecule has 0 saturated heterocycles. The minimum absolute atomic E-state index is 0.129. The number of amides is 1. The summed E-state index contributed by atoms with van der Waals surface area (Å²) in [5.74, 6) is -2.46. The van der Waals surface area contributed by atoms with Gasteiger partial charge < -0.3 is 25.2 Å². The molecule has 0 spiro atoms. The summed E-state index contributed by atoms with van der Waals surface area (Å²) in [6, 6.07) is -1.56. The predicted octanol–water partition coefficient (Wildman–Crippen LogP) is 10.9. The Morgan fingerprint density at radius 2 is 1.04 bits per heavy atom. The van der Waals surface area contributed by atoms with E-state index in [4.69, 9.17) is 13.8 Å². The average Bonchev–Trinajstić information content (AvgIpc) is 3.18. The molecule has 0 fully saturated rings. The number of carbonyl (C=O) groups excluding carboxylic acids is 2. The second-order valence-electron chi connectivity index (χ2n) is 14.1. The Bertz CT molecular complexity index is 1240. The van der Waals surface area contributed by atoms with Crippen molar-refractivity contribution in [3.8, 4) is 0 Å². The first kappa shape index (κ1) is 53.9. The van der Waals surface area contributed by atoms with Crippen molar-refractivity contribution in [2.45, 2.75) is 174 Å². The molecule has 0 aliphatic carbocycles. The molecular weight excluding hydrogens is 745 g/mol. The summed E-state index contributed by atoms with van der Waals surface area (Å²) >= 11 is 0. The molecule has 0 heterocycles. The fraction of sp³-hybridized carbons (Fsp3) is 0.667. The molecule has 0 aliphatic heterocycles. The normalized spacial score (nSPS) is 14.5. The average molecular weight is 822 g/mol. The third kappa shape index (κ3) is 39.5. The third-order valence-electron chi connectivity index (χ3n) is 8.73. The molecule has 1 amide bonds. The van der Waals surface area contributed by atoms with Crippen LogP contribution in [0.2, 0.25) is 0 Å². The Morgan fingerprint density at radius 3 is 1.58 bits per heavy atom. The number of allylic oxidation sites excluding steroid dienone is 12. The monoisotopic (exact) mass is 822 g/mol. The first-order valence-electron chi connectivity index (χ1n) is 21.5. The molecule has 0 bridgehead atoms. The van der Waals surface area contributed by atoms with Crippen molar-refractivity contribution in [3.05, 3.63) is 72.9 Å². The number of hydrogen-bond donors (Lipinski definition) is 4. The van der Waals surface area contributed by atoms with E-state index in [1.165, 1.54) is 44.9 Å². The van der Waals surface area contributed by atoms with E-state index < -0.39 is 57.6 Å². The summed E-state index contributed by atoms with van der Waals surface area (Å²) in [5, 5.41) is 21.8. The highest BCUT2D eigenvalue weighted by molar-refractivity contribution is 7.47. The van der Waals surface area contributed by atoms with Gasteiger partial charge in [0.05, 0.1) is 13.2 Å². The van der Waals surface area contributed by atoms with Gasteiger partial charge in [-0.1, -0.05) is 145 Å². The van der Waals surface area contributed by atoms with Gasteiger partial charge in [-0.15, -0.1) is 0 Å². The number of rotatable bonds is 39. The second-order valence-corrected chi connectivity index (χ2v) is 15.6. The third-order valence-corrected chi connectivity index (χ3v) is 9.68. The van der Waals surface area contributed by atoms with E-state index in [2.05, 4.69) is 79.9 Å². The van der Waals surface area contributed by atoms with Gasteiger partial charge in [0.25, 0.3) is 0 Å². The Hall–Kier alpha value is -3.08. The molecule has 0 saturated carbocycles. The van der Waals surface area contributed by atoms with Gasteiger partial charge in [-0.25, -0.2) is 9.36 Å². The van der Waals surface area contributed by atoms with Crippen LogP contribution in [0.5, 0.6) is 0 Å². The van der Waals surface area contributed by atoms with Gasteiger partial charge in [-0.3, -0.25) is 18.6 Å². The van der Waals surface area contributed by atoms with Crippen LogP contribution in [0.15, 0.2) is 72.9 Å². The highest BCUT2D eigenvalue weighted by Gasteiger charge is 2.28. The lowest BCUT2D eigenvalue weighted by Gasteiger charge is -2.18. The van der Waals surface area contributed by atoms with Crippen molar-refractivity contribution in [3.63, 3.8) is 0 Å². The summed E-state index contributed by atoms with van der Waals surface area (Å²) in [6.07, 6.45) is 46.5. The van der Waals surface area contributed by atoms with Gasteiger partial charge in [0.1, 0.15) is 12.7 Å². The van der Waals surface area contributed by atoms with Gasteiger partial charge in [-0.05, 0) is 77.0 Å². The number of phosphoric ester groups is 1. The summed E-state index contributed by atoms with van der Waals surface area (Å²) in [4.78, 5) is 45.9. The summed E-state index contributed by atoms with van der Waals surface area (Å²) in [6.45, 7) is 2.40. The maximum Gasteiger partial charge on any atom is 0.472 e. The molecule has 0 rings (SSSR count). The first-order valence-corrected chi connectivity index (χ1v) is 23.0. The minimum atomic E-state index is -4.77. The quantitative estimate of drug-likeness (QED) is 0.0203. The zero-order chi connectivity index (χ0) is 42.1. The molecule has 4 N–H and O–H groups in total. The number of carbonyl (C=O) groups is 3. The highest BCUT2D eigenvalue weighted by Crippen LogP contribution is 2.43. The van der Waals surface area contributed by atoms with E-state index in [9.17, 15) is 34.1 Å². The molecule has 0 aromatic heterocycles. The number of esters is 1. The molecule has 3 unspecified atom stereocenters. The van der Waals surface area contributed by atoms with Crippen molar-refractivity contribution in [2.75, 3.05) is 19.8 Å². The Morgan fingerprint density at radius 1 is 0.579 bits per heavy atom. The van der Waals surface area contributed by atoms with E-state index in [0.29, 0.717) is 19.3 Å². The number of hydrogen-bond acceptors (Lipinski definition) is 8. The van der Waals surface area contributed by atoms with Crippen LogP contribution >= 0.6 is 7.82 Å². The van der Waals surface area contributed by atoms with E-state index in [1.54, 1.807) is 0 Å². The number of phosphoric acid groups is 1. The van der Waals surface area contributed by atoms with Crippen molar-refractivity contribution in [2.24, 2.45) is 0 Å². The van der Waals surface area contributed by atoms with Crippen LogP contribution in [-0.2, 0) is 32.7 Å². The Labute approximate surface area is 344 Å². The van der Waals surface area contributed by atoms with E-state index in [1.807, 2.05) is 12.2 Å². The van der Waals surface area contributed by atoms with Crippen molar-refractivity contribution < 1.29 is 47.8 Å². The van der Waals surface area contributed by atoms with Crippen LogP contribution in [-0.4, -0.2) is 64.9 Å². The van der Waals surface area contributed by atoms with Gasteiger partial charge in [0.2, 0.25) is 5.91 Å².